The lowest BCUT2D eigenvalue weighted by atomic mass is 9.90. The molecular weight excluding hydrogens is 500 g/mol. The van der Waals surface area contributed by atoms with Crippen molar-refractivity contribution in [1.29, 1.82) is 0 Å². The first-order chi connectivity index (χ1) is 16.3. The molecule has 1 fully saturated rings. The van der Waals surface area contributed by atoms with E-state index < -0.39 is 41.6 Å². The number of fused-ring (bicyclic) bond motifs is 1. The number of carboxylic acid groups (broad SMARTS) is 1. The molecule has 0 amide bonds. The number of ether oxygens (including phenoxy) is 1. The number of carboxylic acids is 1. The van der Waals surface area contributed by atoms with Crippen molar-refractivity contribution >= 4 is 22.6 Å². The Hall–Kier alpha value is -2.72. The number of rotatable bonds is 6. The van der Waals surface area contributed by atoms with E-state index in [-0.39, 0.29) is 17.7 Å². The highest BCUT2D eigenvalue weighted by atomic mass is 35.5. The fourth-order valence-electron chi connectivity index (χ4n) is 4.24. The minimum Gasteiger partial charge on any atom is -0.489 e. The Bertz CT molecular complexity index is 1170. The zero-order valence-corrected chi connectivity index (χ0v) is 18.9. The fraction of sp³-hybridized carbons (Fsp3) is 0.375. The van der Waals surface area contributed by atoms with E-state index in [1.165, 1.54) is 0 Å². The third kappa shape index (κ3) is 5.59. The Morgan fingerprint density at radius 3 is 2.37 bits per heavy atom. The van der Waals surface area contributed by atoms with Crippen molar-refractivity contribution in [2.45, 2.75) is 31.8 Å². The van der Waals surface area contributed by atoms with Gasteiger partial charge in [0.2, 0.25) is 0 Å². The Kier molecular flexibility index (Phi) is 6.80. The molecule has 1 saturated heterocycles. The van der Waals surface area contributed by atoms with Crippen LogP contribution in [0.2, 0.25) is 0 Å². The molecule has 35 heavy (non-hydrogen) atoms. The highest BCUT2D eigenvalue weighted by Crippen LogP contribution is 2.39. The largest absolute Gasteiger partial charge is 0.489 e. The van der Waals surface area contributed by atoms with E-state index in [1.54, 1.807) is 18.2 Å². The average molecular weight is 520 g/mol. The molecule has 1 N–H and O–H groups in total. The van der Waals surface area contributed by atoms with Gasteiger partial charge in [-0.15, -0.1) is 0 Å². The van der Waals surface area contributed by atoms with Crippen LogP contribution in [-0.4, -0.2) is 35.6 Å². The molecule has 0 bridgehead atoms. The topological polar surface area (TPSA) is 49.8 Å². The lowest BCUT2D eigenvalue weighted by Crippen LogP contribution is -2.50. The fourth-order valence-corrected chi connectivity index (χ4v) is 4.58. The second-order valence-corrected chi connectivity index (χ2v) is 9.00. The number of aliphatic carboxylic acids is 1. The summed E-state index contributed by atoms with van der Waals surface area (Å²) < 4.78 is 84.1. The zero-order valence-electron chi connectivity index (χ0n) is 18.1. The van der Waals surface area contributed by atoms with Crippen LogP contribution in [0.3, 0.4) is 0 Å². The third-order valence-corrected chi connectivity index (χ3v) is 6.65. The van der Waals surface area contributed by atoms with Crippen LogP contribution in [0, 0.1) is 5.92 Å². The molecule has 4 nitrogen and oxygen atoms in total. The maximum absolute atomic E-state index is 13.4. The summed E-state index contributed by atoms with van der Waals surface area (Å²) in [5.41, 5.74) is -0.588. The predicted molar refractivity (Wildman–Crippen MR) is 116 cm³/mol. The van der Waals surface area contributed by atoms with Gasteiger partial charge < -0.3 is 9.84 Å². The monoisotopic (exact) mass is 519 g/mol. The predicted octanol–water partition coefficient (Wildman–Crippen LogP) is 6.22. The van der Waals surface area contributed by atoms with E-state index in [2.05, 4.69) is 0 Å². The number of likely N-dealkylation sites (tertiary alicyclic amines) is 1. The van der Waals surface area contributed by atoms with Gasteiger partial charge in [0, 0.05) is 30.2 Å². The molecule has 2 aliphatic rings. The van der Waals surface area contributed by atoms with Gasteiger partial charge in [0.1, 0.15) is 12.4 Å². The van der Waals surface area contributed by atoms with E-state index in [4.69, 9.17) is 21.4 Å². The van der Waals surface area contributed by atoms with Crippen LogP contribution in [0.1, 0.15) is 34.2 Å². The summed E-state index contributed by atoms with van der Waals surface area (Å²) in [6, 6.07) is 6.38. The SMILES string of the molecule is O=C(O)C1CN(CC2=C(Cl)c3ccc(OCc4ccc(C(F)(F)F)cc4C(F)(F)F)cc3CC2)C1. The molecule has 0 spiro atoms. The molecule has 0 radical (unpaired) electrons. The number of hydrogen-bond donors (Lipinski definition) is 1. The van der Waals surface area contributed by atoms with Crippen LogP contribution < -0.4 is 4.74 Å². The van der Waals surface area contributed by atoms with Crippen molar-refractivity contribution in [3.8, 4) is 5.75 Å². The average Bonchev–Trinajstić information content (AvgIpc) is 2.74. The summed E-state index contributed by atoms with van der Waals surface area (Å²) in [6.07, 6.45) is -8.61. The van der Waals surface area contributed by atoms with Crippen molar-refractivity contribution in [3.05, 3.63) is 69.8 Å². The van der Waals surface area contributed by atoms with Crippen LogP contribution in [0.25, 0.3) is 5.03 Å². The minimum absolute atomic E-state index is 0.0917. The van der Waals surface area contributed by atoms with Gasteiger partial charge in [-0.2, -0.15) is 26.3 Å². The summed E-state index contributed by atoms with van der Waals surface area (Å²) in [5.74, 6) is -0.911. The highest BCUT2D eigenvalue weighted by Gasteiger charge is 2.38. The molecule has 4 rings (SSSR count). The second-order valence-electron chi connectivity index (χ2n) is 8.62. The molecule has 1 aliphatic carbocycles. The number of halogens is 7. The van der Waals surface area contributed by atoms with Crippen molar-refractivity contribution in [2.24, 2.45) is 5.92 Å². The quantitative estimate of drug-likeness (QED) is 0.461. The number of hydrogen-bond acceptors (Lipinski definition) is 3. The number of carbonyl (C=O) groups is 1. The zero-order chi connectivity index (χ0) is 25.5. The van der Waals surface area contributed by atoms with E-state index in [0.717, 1.165) is 22.8 Å². The smallest absolute Gasteiger partial charge is 0.416 e. The van der Waals surface area contributed by atoms with Crippen LogP contribution in [0.5, 0.6) is 5.75 Å². The molecule has 1 heterocycles. The van der Waals surface area contributed by atoms with Gasteiger partial charge in [0.15, 0.2) is 0 Å². The minimum atomic E-state index is -4.97. The van der Waals surface area contributed by atoms with E-state index in [9.17, 15) is 31.1 Å². The van der Waals surface area contributed by atoms with Gasteiger partial charge in [-0.25, -0.2) is 0 Å². The maximum Gasteiger partial charge on any atom is 0.416 e. The molecule has 0 atom stereocenters. The van der Waals surface area contributed by atoms with Gasteiger partial charge in [-0.3, -0.25) is 9.69 Å². The summed E-state index contributed by atoms with van der Waals surface area (Å²) in [7, 11) is 0. The van der Waals surface area contributed by atoms with Gasteiger partial charge in [-0.05, 0) is 59.9 Å². The highest BCUT2D eigenvalue weighted by molar-refractivity contribution is 6.49. The molecule has 2 aromatic rings. The van der Waals surface area contributed by atoms with Crippen molar-refractivity contribution < 1.29 is 41.0 Å². The Labute approximate surface area is 201 Å². The Morgan fingerprint density at radius 2 is 1.74 bits per heavy atom. The lowest BCUT2D eigenvalue weighted by Gasteiger charge is -2.38. The molecule has 2 aromatic carbocycles. The van der Waals surface area contributed by atoms with Gasteiger partial charge >= 0.3 is 18.3 Å². The van der Waals surface area contributed by atoms with E-state index in [0.29, 0.717) is 43.6 Å². The number of aryl methyl sites for hydroxylation is 1. The molecule has 0 saturated carbocycles. The lowest BCUT2D eigenvalue weighted by molar-refractivity contribution is -0.147. The first kappa shape index (κ1) is 25.4. The first-order valence-corrected chi connectivity index (χ1v) is 11.1. The normalized spacial score (nSPS) is 17.2. The third-order valence-electron chi connectivity index (χ3n) is 6.18. The summed E-state index contributed by atoms with van der Waals surface area (Å²) in [4.78, 5) is 13.0. The number of alkyl halides is 6. The maximum atomic E-state index is 13.4. The molecule has 0 aromatic heterocycles. The number of benzene rings is 2. The molecular formula is C24H20ClF6NO3. The standard InChI is InChI=1S/C24H20ClF6NO3/c25-21-14(9-32-10-16(11-32)22(33)34)2-1-13-7-18(5-6-19(13)21)35-12-15-3-4-17(23(26,27)28)8-20(15)24(29,30)31/h3-8,16H,1-2,9-12H2,(H,33,34). The van der Waals surface area contributed by atoms with Crippen LogP contribution in [-0.2, 0) is 30.2 Å². The van der Waals surface area contributed by atoms with Crippen molar-refractivity contribution in [2.75, 3.05) is 19.6 Å². The van der Waals surface area contributed by atoms with Crippen LogP contribution >= 0.6 is 11.6 Å². The van der Waals surface area contributed by atoms with Crippen LogP contribution in [0.4, 0.5) is 26.3 Å². The van der Waals surface area contributed by atoms with E-state index in [1.807, 2.05) is 4.90 Å². The summed E-state index contributed by atoms with van der Waals surface area (Å²) in [6.45, 7) is 0.938. The van der Waals surface area contributed by atoms with Crippen molar-refractivity contribution in [1.82, 2.24) is 4.90 Å². The Morgan fingerprint density at radius 1 is 1.03 bits per heavy atom. The van der Waals surface area contributed by atoms with Crippen molar-refractivity contribution in [3.63, 3.8) is 0 Å². The summed E-state index contributed by atoms with van der Waals surface area (Å²) >= 11 is 6.56. The van der Waals surface area contributed by atoms with Crippen LogP contribution in [0.15, 0.2) is 42.0 Å². The van der Waals surface area contributed by atoms with Gasteiger partial charge in [-0.1, -0.05) is 17.7 Å². The van der Waals surface area contributed by atoms with Gasteiger partial charge in [0.25, 0.3) is 0 Å². The first-order valence-electron chi connectivity index (χ1n) is 10.7. The summed E-state index contributed by atoms with van der Waals surface area (Å²) in [5, 5.41) is 9.56. The molecule has 1 aliphatic heterocycles. The molecule has 11 heteroatoms. The Balaban J connectivity index is 1.47. The molecule has 0 unspecified atom stereocenters. The number of nitrogens with zero attached hydrogens (tertiary/aromatic N) is 1. The van der Waals surface area contributed by atoms with E-state index >= 15 is 0 Å². The second kappa shape index (κ2) is 9.39. The van der Waals surface area contributed by atoms with Gasteiger partial charge in [0.05, 0.1) is 17.0 Å². The molecule has 188 valence electrons.